The van der Waals surface area contributed by atoms with Crippen LogP contribution in [0.25, 0.3) is 0 Å². The molecule has 0 atom stereocenters. The van der Waals surface area contributed by atoms with Gasteiger partial charge in [0.05, 0.1) is 40.9 Å². The highest BCUT2D eigenvalue weighted by Crippen LogP contribution is 2.29. The van der Waals surface area contributed by atoms with Gasteiger partial charge in [0.1, 0.15) is 18.0 Å². The Hall–Kier alpha value is -2.75. The first-order valence-electron chi connectivity index (χ1n) is 9.19. The number of nitrogens with one attached hydrogen (secondary N) is 1. The van der Waals surface area contributed by atoms with E-state index in [0.717, 1.165) is 17.0 Å². The first-order valence-corrected chi connectivity index (χ1v) is 9.98. The Morgan fingerprint density at radius 2 is 1.93 bits per heavy atom. The van der Waals surface area contributed by atoms with Crippen LogP contribution < -0.4 is 10.1 Å². The van der Waals surface area contributed by atoms with E-state index in [1.54, 1.807) is 25.6 Å². The maximum absolute atomic E-state index is 13.0. The minimum Gasteiger partial charge on any atom is -0.497 e. The van der Waals surface area contributed by atoms with Crippen LogP contribution in [0.1, 0.15) is 34.8 Å². The van der Waals surface area contributed by atoms with Crippen LogP contribution in [0.4, 0.5) is 14.5 Å². The SMILES string of the molecule is COc1cccc(Cn2nc(C)c(NC(=O)Cn3nc(C(F)F)c(Br)c3C)c2C)c1. The van der Waals surface area contributed by atoms with Crippen LogP contribution >= 0.6 is 15.9 Å². The van der Waals surface area contributed by atoms with Crippen LogP contribution in [0, 0.1) is 20.8 Å². The molecule has 0 unspecified atom stereocenters. The van der Waals surface area contributed by atoms with Crippen molar-refractivity contribution in [3.63, 3.8) is 0 Å². The Bertz CT molecular complexity index is 1080. The van der Waals surface area contributed by atoms with Crippen molar-refractivity contribution in [1.29, 1.82) is 0 Å². The Labute approximate surface area is 181 Å². The zero-order valence-electron chi connectivity index (χ0n) is 17.0. The van der Waals surface area contributed by atoms with E-state index in [2.05, 4.69) is 31.4 Å². The second-order valence-corrected chi connectivity index (χ2v) is 7.64. The van der Waals surface area contributed by atoms with Gasteiger partial charge < -0.3 is 10.1 Å². The standard InChI is InChI=1S/C20H22BrF2N5O2/c1-11-18(13(3)27(25-11)9-14-6-5-7-15(8-14)30-4)24-16(29)10-28-12(2)17(21)19(26-28)20(22)23/h5-8,20H,9-10H2,1-4H3,(H,24,29). The molecule has 2 aromatic heterocycles. The van der Waals surface area contributed by atoms with Gasteiger partial charge in [0, 0.05) is 0 Å². The molecule has 160 valence electrons. The molecule has 3 aromatic rings. The van der Waals surface area contributed by atoms with Crippen molar-refractivity contribution >= 4 is 27.5 Å². The molecule has 0 aliphatic carbocycles. The van der Waals surface area contributed by atoms with Crippen molar-refractivity contribution in [1.82, 2.24) is 19.6 Å². The van der Waals surface area contributed by atoms with Gasteiger partial charge in [-0.2, -0.15) is 10.2 Å². The van der Waals surface area contributed by atoms with Gasteiger partial charge in [-0.05, 0) is 54.4 Å². The van der Waals surface area contributed by atoms with Crippen LogP contribution in [0.2, 0.25) is 0 Å². The highest BCUT2D eigenvalue weighted by atomic mass is 79.9. The molecular formula is C20H22BrF2N5O2. The lowest BCUT2D eigenvalue weighted by Crippen LogP contribution is -2.21. The van der Waals surface area contributed by atoms with Crippen molar-refractivity contribution in [2.75, 3.05) is 12.4 Å². The van der Waals surface area contributed by atoms with Crippen LogP contribution in [-0.4, -0.2) is 32.6 Å². The number of amides is 1. The number of hydrogen-bond acceptors (Lipinski definition) is 4. The minimum atomic E-state index is -2.72. The summed E-state index contributed by atoms with van der Waals surface area (Å²) in [6, 6.07) is 7.66. The summed E-state index contributed by atoms with van der Waals surface area (Å²) in [6.45, 7) is 5.62. The molecule has 0 spiro atoms. The van der Waals surface area contributed by atoms with Crippen molar-refractivity contribution < 1.29 is 18.3 Å². The molecule has 1 amide bonds. The first-order chi connectivity index (χ1) is 14.2. The van der Waals surface area contributed by atoms with Gasteiger partial charge >= 0.3 is 0 Å². The maximum Gasteiger partial charge on any atom is 0.283 e. The number of ether oxygens (including phenoxy) is 1. The Morgan fingerprint density at radius 3 is 2.57 bits per heavy atom. The highest BCUT2D eigenvalue weighted by Gasteiger charge is 2.22. The Balaban J connectivity index is 1.76. The van der Waals surface area contributed by atoms with Gasteiger partial charge in [-0.15, -0.1) is 0 Å². The maximum atomic E-state index is 13.0. The quantitative estimate of drug-likeness (QED) is 0.542. The summed E-state index contributed by atoms with van der Waals surface area (Å²) in [7, 11) is 1.61. The van der Waals surface area contributed by atoms with Crippen LogP contribution in [0.15, 0.2) is 28.7 Å². The third-order valence-corrected chi connectivity index (χ3v) is 5.75. The van der Waals surface area contributed by atoms with Gasteiger partial charge in [0.2, 0.25) is 5.91 Å². The molecule has 1 N–H and O–H groups in total. The zero-order chi connectivity index (χ0) is 22.0. The number of hydrogen-bond donors (Lipinski definition) is 1. The number of halogens is 3. The number of carbonyl (C=O) groups excluding carboxylic acids is 1. The third-order valence-electron chi connectivity index (χ3n) is 4.77. The van der Waals surface area contributed by atoms with E-state index in [1.807, 2.05) is 31.2 Å². The number of alkyl halides is 2. The predicted octanol–water partition coefficient (Wildman–Crippen LogP) is 4.40. The van der Waals surface area contributed by atoms with E-state index in [-0.39, 0.29) is 22.6 Å². The van der Waals surface area contributed by atoms with Gasteiger partial charge in [0.15, 0.2) is 0 Å². The van der Waals surface area contributed by atoms with E-state index >= 15 is 0 Å². The van der Waals surface area contributed by atoms with Crippen LogP contribution in [-0.2, 0) is 17.9 Å². The second-order valence-electron chi connectivity index (χ2n) is 6.85. The molecular weight excluding hydrogens is 460 g/mol. The zero-order valence-corrected chi connectivity index (χ0v) is 18.6. The van der Waals surface area contributed by atoms with E-state index < -0.39 is 6.43 Å². The lowest BCUT2D eigenvalue weighted by molar-refractivity contribution is -0.117. The number of nitrogens with zero attached hydrogens (tertiary/aromatic N) is 4. The summed E-state index contributed by atoms with van der Waals surface area (Å²) >= 11 is 3.11. The van der Waals surface area contributed by atoms with E-state index in [4.69, 9.17) is 4.74 Å². The van der Waals surface area contributed by atoms with E-state index in [9.17, 15) is 13.6 Å². The molecule has 7 nitrogen and oxygen atoms in total. The van der Waals surface area contributed by atoms with E-state index in [1.165, 1.54) is 4.68 Å². The third kappa shape index (κ3) is 4.53. The summed E-state index contributed by atoms with van der Waals surface area (Å²) in [4.78, 5) is 12.6. The normalized spacial score (nSPS) is 11.2. The fraction of sp³-hybridized carbons (Fsp3) is 0.350. The predicted molar refractivity (Wildman–Crippen MR) is 112 cm³/mol. The summed E-state index contributed by atoms with van der Waals surface area (Å²) in [5.74, 6) is 0.382. The summed E-state index contributed by atoms with van der Waals surface area (Å²) in [6.07, 6.45) is -2.72. The fourth-order valence-electron chi connectivity index (χ4n) is 3.13. The molecule has 0 saturated carbocycles. The van der Waals surface area contributed by atoms with Crippen molar-refractivity contribution in [2.24, 2.45) is 0 Å². The number of anilines is 1. The molecule has 0 aliphatic heterocycles. The number of rotatable bonds is 7. The van der Waals surface area contributed by atoms with Crippen LogP contribution in [0.3, 0.4) is 0 Å². The molecule has 0 saturated heterocycles. The molecule has 0 aliphatic rings. The minimum absolute atomic E-state index is 0.183. The Kier molecular flexibility index (Phi) is 6.55. The molecule has 30 heavy (non-hydrogen) atoms. The highest BCUT2D eigenvalue weighted by molar-refractivity contribution is 9.10. The molecule has 0 fully saturated rings. The van der Waals surface area contributed by atoms with Crippen molar-refractivity contribution in [3.05, 3.63) is 57.1 Å². The lowest BCUT2D eigenvalue weighted by Gasteiger charge is -2.09. The number of methoxy groups -OCH3 is 1. The number of benzene rings is 1. The molecule has 10 heteroatoms. The summed E-state index contributed by atoms with van der Waals surface area (Å²) in [5.41, 5.74) is 3.14. The van der Waals surface area contributed by atoms with Gasteiger partial charge in [-0.1, -0.05) is 12.1 Å². The number of aryl methyl sites for hydroxylation is 1. The molecule has 0 radical (unpaired) electrons. The molecule has 0 bridgehead atoms. The topological polar surface area (TPSA) is 74.0 Å². The van der Waals surface area contributed by atoms with E-state index in [0.29, 0.717) is 23.6 Å². The second kappa shape index (κ2) is 8.95. The number of aromatic nitrogens is 4. The molecule has 1 aromatic carbocycles. The van der Waals surface area contributed by atoms with Crippen molar-refractivity contribution in [3.8, 4) is 5.75 Å². The summed E-state index contributed by atoms with van der Waals surface area (Å²) < 4.78 is 34.5. The number of carbonyl (C=O) groups is 1. The van der Waals surface area contributed by atoms with Gasteiger partial charge in [-0.25, -0.2) is 8.78 Å². The van der Waals surface area contributed by atoms with Crippen LogP contribution in [0.5, 0.6) is 5.75 Å². The lowest BCUT2D eigenvalue weighted by atomic mass is 10.2. The van der Waals surface area contributed by atoms with Gasteiger partial charge in [0.25, 0.3) is 6.43 Å². The molecule has 2 heterocycles. The average molecular weight is 482 g/mol. The van der Waals surface area contributed by atoms with Crippen molar-refractivity contribution in [2.45, 2.75) is 40.3 Å². The average Bonchev–Trinajstić information content (AvgIpc) is 3.13. The van der Waals surface area contributed by atoms with Gasteiger partial charge in [-0.3, -0.25) is 14.2 Å². The fourth-order valence-corrected chi connectivity index (χ4v) is 3.59. The monoisotopic (exact) mass is 481 g/mol. The smallest absolute Gasteiger partial charge is 0.283 e. The molecule has 3 rings (SSSR count). The largest absolute Gasteiger partial charge is 0.497 e. The first kappa shape index (κ1) is 21.9. The Morgan fingerprint density at radius 1 is 1.20 bits per heavy atom. The summed E-state index contributed by atoms with van der Waals surface area (Å²) in [5, 5.41) is 11.2.